The average Bonchev–Trinajstić information content (AvgIpc) is 3.93. The van der Waals surface area contributed by atoms with Crippen LogP contribution in [0.1, 0.15) is 112 Å². The maximum absolute atomic E-state index is 14.8. The summed E-state index contributed by atoms with van der Waals surface area (Å²) in [6.45, 7) is 10.3. The van der Waals surface area contributed by atoms with Crippen molar-refractivity contribution in [3.05, 3.63) is 106 Å². The van der Waals surface area contributed by atoms with Gasteiger partial charge in [-0.2, -0.15) is 10.9 Å². The Morgan fingerprint density at radius 1 is 1.03 bits per heavy atom. The third-order valence-electron chi connectivity index (χ3n) is 14.8. The maximum atomic E-state index is 14.8. The Kier molecular flexibility index (Phi) is 12.7. The van der Waals surface area contributed by atoms with Crippen LogP contribution in [0.5, 0.6) is 17.4 Å². The summed E-state index contributed by atoms with van der Waals surface area (Å²) in [5, 5.41) is 25.7. The minimum Gasteiger partial charge on any atom is -0.451 e. The summed E-state index contributed by atoms with van der Waals surface area (Å²) in [5.74, 6) is 4.62. The van der Waals surface area contributed by atoms with Gasteiger partial charge in [0.05, 0.1) is 26.4 Å². The highest BCUT2D eigenvalue weighted by molar-refractivity contribution is 7.90. The first-order valence-corrected chi connectivity index (χ1v) is 24.8. The number of nitrogens with two attached hydrogens (primary N) is 1. The molecule has 5 aromatic rings. The summed E-state index contributed by atoms with van der Waals surface area (Å²) >= 11 is 0. The summed E-state index contributed by atoms with van der Waals surface area (Å²) in [4.78, 5) is 41.9. The van der Waals surface area contributed by atoms with Crippen LogP contribution >= 0.6 is 0 Å². The number of nitro groups is 1. The van der Waals surface area contributed by atoms with Crippen LogP contribution in [0.25, 0.3) is 11.0 Å². The van der Waals surface area contributed by atoms with E-state index >= 15 is 0 Å². The van der Waals surface area contributed by atoms with Crippen LogP contribution in [-0.2, 0) is 10.0 Å². The second kappa shape index (κ2) is 18.3. The number of hydrogen-bond donors (Lipinski definition) is 5. The molecule has 2 aliphatic carbocycles. The van der Waals surface area contributed by atoms with Gasteiger partial charge >= 0.3 is 0 Å². The van der Waals surface area contributed by atoms with Crippen molar-refractivity contribution in [2.45, 2.75) is 107 Å². The number of sulfonamides is 1. The van der Waals surface area contributed by atoms with Crippen LogP contribution in [0.2, 0.25) is 0 Å². The molecule has 356 valence electrons. The molecule has 0 unspecified atom stereocenters. The molecule has 1 spiro atoms. The molecule has 0 radical (unpaired) electrons. The Labute approximate surface area is 389 Å². The van der Waals surface area contributed by atoms with Gasteiger partial charge in [0.15, 0.2) is 5.75 Å². The van der Waals surface area contributed by atoms with Crippen molar-refractivity contribution < 1.29 is 37.2 Å². The Balaban J connectivity index is 0.927. The Morgan fingerprint density at radius 3 is 2.49 bits per heavy atom. The molecule has 0 bridgehead atoms. The van der Waals surface area contributed by atoms with Crippen molar-refractivity contribution in [1.82, 2.24) is 19.6 Å². The van der Waals surface area contributed by atoms with Crippen molar-refractivity contribution in [3.63, 3.8) is 0 Å². The summed E-state index contributed by atoms with van der Waals surface area (Å²) in [7, 11) is -4.67. The molecule has 67 heavy (non-hydrogen) atoms. The molecule has 2 atom stereocenters. The standard InChI is InChI=1S/C49H59FN8O8S/c1-30(2)34-7-4-5-8-35(34)36-9-6-10-41(36)57-28-49(29-57)19-21-56(22-20-49)32-11-13-37(43(23-32)65-44-25-38-39(50)27-53-45(38)54-47(44)66-51)46(59)55-67(63,64)33-12-14-40(42(24-33)58(61)62)52-26-31-15-17-48(3,60)18-16-31/h4-5,7-8,11-14,23-25,27,30-31,36,41,52,60H,6,9-10,15-22,26,28-29,51H2,1-3H3,(H,53,54)(H,55,59)/t31-,36-,41-,48-/m1/s1. The predicted molar refractivity (Wildman–Crippen MR) is 253 cm³/mol. The van der Waals surface area contributed by atoms with E-state index in [4.69, 9.17) is 15.5 Å². The van der Waals surface area contributed by atoms with Crippen LogP contribution in [-0.4, -0.2) is 83.6 Å². The molecule has 16 nitrogen and oxygen atoms in total. The van der Waals surface area contributed by atoms with E-state index < -0.39 is 42.9 Å². The lowest BCUT2D eigenvalue weighted by Gasteiger charge is -2.57. The molecule has 18 heteroatoms. The normalized spacial score (nSPS) is 23.0. The number of nitrogens with zero attached hydrogens (tertiary/aromatic N) is 4. The molecular weight excluding hydrogens is 880 g/mol. The number of benzene rings is 3. The fourth-order valence-electron chi connectivity index (χ4n) is 10.9. The number of H-pyrrole nitrogens is 1. The highest BCUT2D eigenvalue weighted by Crippen LogP contribution is 2.49. The predicted octanol–water partition coefficient (Wildman–Crippen LogP) is 8.49. The number of nitro benzene ring substituents is 1. The number of aromatic nitrogens is 2. The molecule has 4 heterocycles. The van der Waals surface area contributed by atoms with Crippen LogP contribution in [0.15, 0.2) is 77.8 Å². The summed E-state index contributed by atoms with van der Waals surface area (Å²) in [5.41, 5.74) is 2.73. The molecule has 2 aromatic heterocycles. The first-order chi connectivity index (χ1) is 32.0. The highest BCUT2D eigenvalue weighted by atomic mass is 32.2. The van der Waals surface area contributed by atoms with Crippen molar-refractivity contribution >= 4 is 44.0 Å². The van der Waals surface area contributed by atoms with Gasteiger partial charge in [0, 0.05) is 68.8 Å². The molecular formula is C49H59FN8O8S. The van der Waals surface area contributed by atoms with Gasteiger partial charge < -0.3 is 29.9 Å². The summed E-state index contributed by atoms with van der Waals surface area (Å²) < 4.78 is 50.7. The van der Waals surface area contributed by atoms with Crippen molar-refractivity contribution in [2.24, 2.45) is 17.2 Å². The minimum atomic E-state index is -4.67. The van der Waals surface area contributed by atoms with Gasteiger partial charge in [0.2, 0.25) is 0 Å². The number of ether oxygens (including phenoxy) is 1. The van der Waals surface area contributed by atoms with Gasteiger partial charge in [-0.25, -0.2) is 17.5 Å². The monoisotopic (exact) mass is 938 g/mol. The number of rotatable bonds is 14. The van der Waals surface area contributed by atoms with E-state index in [1.165, 1.54) is 54.7 Å². The number of likely N-dealkylation sites (tertiary alicyclic amines) is 1. The smallest absolute Gasteiger partial charge is 0.293 e. The number of fused-ring (bicyclic) bond motifs is 1. The average molecular weight is 939 g/mol. The first-order valence-electron chi connectivity index (χ1n) is 23.3. The Morgan fingerprint density at radius 2 is 1.78 bits per heavy atom. The fraction of sp³-hybridized carbons (Fsp3) is 0.469. The van der Waals surface area contributed by atoms with E-state index in [-0.39, 0.29) is 51.0 Å². The first kappa shape index (κ1) is 46.3. The van der Waals surface area contributed by atoms with Crippen LogP contribution in [0.4, 0.5) is 21.5 Å². The minimum absolute atomic E-state index is 0.0656. The molecule has 6 N–H and O–H groups in total. The number of carbonyl (C=O) groups excluding carboxylic acids is 1. The van der Waals surface area contributed by atoms with Crippen LogP contribution in [0, 0.1) is 27.3 Å². The number of piperidine rings is 1. The van der Waals surface area contributed by atoms with E-state index in [9.17, 15) is 32.8 Å². The number of nitrogens with one attached hydrogen (secondary N) is 3. The van der Waals surface area contributed by atoms with Crippen molar-refractivity contribution in [2.75, 3.05) is 42.9 Å². The van der Waals surface area contributed by atoms with Gasteiger partial charge in [0.1, 0.15) is 22.9 Å². The SMILES string of the molecule is CC(C)c1ccccc1[C@H]1CCC[C@H]1N1CC2(CCN(c3ccc(C(=O)NS(=O)(=O)c4ccc(NC[C@H]5CC[C@](C)(O)CC5)c([N+](=O)[O-])c4)c(Oc4cc5c(F)c[nH]c5nc4ON)c3)CC2)C1. The van der Waals surface area contributed by atoms with E-state index in [2.05, 4.69) is 67.9 Å². The third kappa shape index (κ3) is 9.53. The molecule has 1 amide bonds. The lowest BCUT2D eigenvalue weighted by atomic mass is 9.70. The van der Waals surface area contributed by atoms with Crippen molar-refractivity contribution in [3.8, 4) is 17.4 Å². The molecule has 3 aromatic carbocycles. The number of aromatic amines is 1. The molecule has 2 saturated carbocycles. The number of carbonyl (C=O) groups is 1. The molecule has 2 aliphatic heterocycles. The number of halogens is 1. The van der Waals surface area contributed by atoms with Crippen LogP contribution < -0.4 is 30.4 Å². The molecule has 4 aliphatic rings. The van der Waals surface area contributed by atoms with Gasteiger partial charge in [-0.15, -0.1) is 0 Å². The fourth-order valence-corrected chi connectivity index (χ4v) is 11.9. The lowest BCUT2D eigenvalue weighted by molar-refractivity contribution is -0.384. The van der Waals surface area contributed by atoms with Gasteiger partial charge in [-0.05, 0) is 117 Å². The largest absolute Gasteiger partial charge is 0.451 e. The second-order valence-corrected chi connectivity index (χ2v) is 21.4. The zero-order valence-electron chi connectivity index (χ0n) is 38.1. The van der Waals surface area contributed by atoms with Crippen molar-refractivity contribution in [1.29, 1.82) is 0 Å². The topological polar surface area (TPSA) is 218 Å². The zero-order chi connectivity index (χ0) is 47.3. The number of pyridine rings is 1. The quantitative estimate of drug-likeness (QED) is 0.0522. The van der Waals surface area contributed by atoms with E-state index in [1.54, 1.807) is 19.1 Å². The van der Waals surface area contributed by atoms with Gasteiger partial charge in [0.25, 0.3) is 27.5 Å². The lowest BCUT2D eigenvalue weighted by Crippen LogP contribution is -2.63. The third-order valence-corrected chi connectivity index (χ3v) is 16.1. The van der Waals surface area contributed by atoms with Gasteiger partial charge in [-0.1, -0.05) is 44.5 Å². The summed E-state index contributed by atoms with van der Waals surface area (Å²) in [6.07, 6.45) is 9.38. The molecule has 9 rings (SSSR count). The Hall–Kier alpha value is -5.82. The zero-order valence-corrected chi connectivity index (χ0v) is 38.9. The van der Waals surface area contributed by atoms with E-state index in [0.29, 0.717) is 37.3 Å². The van der Waals surface area contributed by atoms with E-state index in [0.717, 1.165) is 69.8 Å². The van der Waals surface area contributed by atoms with Crippen LogP contribution in [0.3, 0.4) is 0 Å². The van der Waals surface area contributed by atoms with Gasteiger partial charge in [-0.3, -0.25) is 19.8 Å². The number of aliphatic hydroxyl groups is 1. The highest BCUT2D eigenvalue weighted by Gasteiger charge is 2.49. The number of hydrogen-bond acceptors (Lipinski definition) is 13. The maximum Gasteiger partial charge on any atom is 0.293 e. The number of amides is 1. The second-order valence-electron chi connectivity index (χ2n) is 19.7. The van der Waals surface area contributed by atoms with E-state index in [1.807, 2.05) is 0 Å². The molecule has 4 fully saturated rings. The number of anilines is 2. The molecule has 2 saturated heterocycles. The Bertz CT molecular complexity index is 2770. The summed E-state index contributed by atoms with van der Waals surface area (Å²) in [6, 6.07) is 19.0.